The summed E-state index contributed by atoms with van der Waals surface area (Å²) < 4.78 is 31.6. The smallest absolute Gasteiger partial charge is 0.260 e. The van der Waals surface area contributed by atoms with Gasteiger partial charge in [-0.2, -0.15) is 4.98 Å². The van der Waals surface area contributed by atoms with Crippen molar-refractivity contribution in [3.05, 3.63) is 53.6 Å². The number of nitrogens with two attached hydrogens (primary N) is 1. The molecule has 2 aromatic carbocycles. The van der Waals surface area contributed by atoms with Crippen LogP contribution in [0.25, 0.3) is 22.8 Å². The van der Waals surface area contributed by atoms with Gasteiger partial charge >= 0.3 is 0 Å². The van der Waals surface area contributed by atoms with E-state index < -0.39 is 11.6 Å². The van der Waals surface area contributed by atoms with Gasteiger partial charge in [-0.15, -0.1) is 0 Å². The van der Waals surface area contributed by atoms with Crippen molar-refractivity contribution in [1.29, 1.82) is 0 Å². The van der Waals surface area contributed by atoms with Gasteiger partial charge in [-0.1, -0.05) is 17.3 Å². The van der Waals surface area contributed by atoms with Crippen LogP contribution in [0.5, 0.6) is 0 Å². The number of anilines is 1. The molecular weight excluding hydrogens is 276 g/mol. The first kappa shape index (κ1) is 13.2. The van der Waals surface area contributed by atoms with Gasteiger partial charge in [0.05, 0.1) is 5.56 Å². The van der Waals surface area contributed by atoms with Crippen LogP contribution in [0.4, 0.5) is 14.5 Å². The lowest BCUT2D eigenvalue weighted by Crippen LogP contribution is -1.93. The van der Waals surface area contributed by atoms with Crippen molar-refractivity contribution in [3.63, 3.8) is 0 Å². The summed E-state index contributed by atoms with van der Waals surface area (Å²) in [6.45, 7) is 1.86. The van der Waals surface area contributed by atoms with Crippen molar-refractivity contribution >= 4 is 5.69 Å². The Morgan fingerprint density at radius 2 is 1.81 bits per heavy atom. The summed E-state index contributed by atoms with van der Waals surface area (Å²) in [4.78, 5) is 4.14. The zero-order chi connectivity index (χ0) is 15.0. The molecule has 0 aliphatic carbocycles. The highest BCUT2D eigenvalue weighted by Crippen LogP contribution is 2.29. The monoisotopic (exact) mass is 287 g/mol. The van der Waals surface area contributed by atoms with Crippen molar-refractivity contribution in [2.24, 2.45) is 0 Å². The number of aromatic nitrogens is 2. The van der Waals surface area contributed by atoms with Crippen LogP contribution in [0.2, 0.25) is 0 Å². The lowest BCUT2D eigenvalue weighted by atomic mass is 10.1. The van der Waals surface area contributed by atoms with E-state index in [9.17, 15) is 8.78 Å². The second-order valence-corrected chi connectivity index (χ2v) is 4.62. The number of hydrogen-bond donors (Lipinski definition) is 1. The molecule has 0 fully saturated rings. The summed E-state index contributed by atoms with van der Waals surface area (Å²) in [7, 11) is 0. The predicted molar refractivity (Wildman–Crippen MR) is 74.2 cm³/mol. The van der Waals surface area contributed by atoms with Crippen LogP contribution in [0.1, 0.15) is 5.56 Å². The normalized spacial score (nSPS) is 10.8. The predicted octanol–water partition coefficient (Wildman–Crippen LogP) is 3.57. The molecule has 0 aliphatic heterocycles. The Morgan fingerprint density at radius 3 is 2.52 bits per heavy atom. The van der Waals surface area contributed by atoms with E-state index in [2.05, 4.69) is 10.1 Å². The highest BCUT2D eigenvalue weighted by molar-refractivity contribution is 5.74. The van der Waals surface area contributed by atoms with E-state index in [0.717, 1.165) is 23.8 Å². The molecule has 6 heteroatoms. The third kappa shape index (κ3) is 2.47. The van der Waals surface area contributed by atoms with Crippen molar-refractivity contribution in [1.82, 2.24) is 10.1 Å². The molecule has 3 rings (SSSR count). The molecule has 0 amide bonds. The van der Waals surface area contributed by atoms with E-state index in [-0.39, 0.29) is 17.3 Å². The fourth-order valence-electron chi connectivity index (χ4n) is 2.00. The van der Waals surface area contributed by atoms with E-state index in [4.69, 9.17) is 10.3 Å². The van der Waals surface area contributed by atoms with Gasteiger partial charge in [-0.25, -0.2) is 8.78 Å². The first-order chi connectivity index (χ1) is 10.0. The summed E-state index contributed by atoms with van der Waals surface area (Å²) in [5.74, 6) is -1.10. The minimum Gasteiger partial charge on any atom is -0.398 e. The minimum absolute atomic E-state index is 0.101. The number of rotatable bonds is 2. The van der Waals surface area contributed by atoms with Crippen molar-refractivity contribution in [2.75, 3.05) is 5.73 Å². The molecule has 0 saturated carbocycles. The van der Waals surface area contributed by atoms with Gasteiger partial charge in [0.2, 0.25) is 5.82 Å². The maximum Gasteiger partial charge on any atom is 0.260 e. The largest absolute Gasteiger partial charge is 0.398 e. The molecule has 0 spiro atoms. The topological polar surface area (TPSA) is 64.9 Å². The Kier molecular flexibility index (Phi) is 3.13. The third-order valence-electron chi connectivity index (χ3n) is 3.10. The van der Waals surface area contributed by atoms with Crippen LogP contribution in [0.15, 0.2) is 40.9 Å². The minimum atomic E-state index is -0.702. The number of hydrogen-bond acceptors (Lipinski definition) is 4. The Labute approximate surface area is 119 Å². The molecule has 4 nitrogen and oxygen atoms in total. The van der Waals surface area contributed by atoms with Crippen LogP contribution < -0.4 is 5.73 Å². The Balaban J connectivity index is 2.06. The second kappa shape index (κ2) is 4.97. The third-order valence-corrected chi connectivity index (χ3v) is 3.10. The molecule has 1 aromatic heterocycles. The van der Waals surface area contributed by atoms with Gasteiger partial charge in [0.1, 0.15) is 11.6 Å². The maximum absolute atomic E-state index is 13.2. The molecule has 0 saturated heterocycles. The fourth-order valence-corrected chi connectivity index (χ4v) is 2.00. The molecule has 1 heterocycles. The quantitative estimate of drug-likeness (QED) is 0.732. The molecule has 0 bridgehead atoms. The van der Waals surface area contributed by atoms with Crippen LogP contribution in [-0.2, 0) is 0 Å². The van der Waals surface area contributed by atoms with E-state index in [1.165, 1.54) is 0 Å². The zero-order valence-electron chi connectivity index (χ0n) is 11.1. The van der Waals surface area contributed by atoms with Gasteiger partial charge < -0.3 is 10.3 Å². The van der Waals surface area contributed by atoms with Crippen LogP contribution >= 0.6 is 0 Å². The van der Waals surface area contributed by atoms with Gasteiger partial charge in [0.15, 0.2) is 0 Å². The fraction of sp³-hybridized carbons (Fsp3) is 0.0667. The molecule has 0 aliphatic rings. The van der Waals surface area contributed by atoms with Gasteiger partial charge in [0, 0.05) is 17.3 Å². The van der Waals surface area contributed by atoms with Gasteiger partial charge in [-0.3, -0.25) is 0 Å². The maximum atomic E-state index is 13.2. The number of nitrogens with zero attached hydrogens (tertiary/aromatic N) is 2. The molecule has 2 N–H and O–H groups in total. The molecule has 106 valence electrons. The molecular formula is C15H11F2N3O. The average Bonchev–Trinajstić information content (AvgIpc) is 2.90. The highest BCUT2D eigenvalue weighted by atomic mass is 19.1. The number of benzene rings is 2. The first-order valence-electron chi connectivity index (χ1n) is 6.20. The molecule has 0 radical (unpaired) electrons. The summed E-state index contributed by atoms with van der Waals surface area (Å²) in [6, 6.07) is 8.47. The molecule has 3 aromatic rings. The summed E-state index contributed by atoms with van der Waals surface area (Å²) >= 11 is 0. The second-order valence-electron chi connectivity index (χ2n) is 4.62. The van der Waals surface area contributed by atoms with Crippen molar-refractivity contribution in [2.45, 2.75) is 6.92 Å². The van der Waals surface area contributed by atoms with E-state index in [0.29, 0.717) is 11.3 Å². The summed E-state index contributed by atoms with van der Waals surface area (Å²) in [6.07, 6.45) is 0. The van der Waals surface area contributed by atoms with Crippen LogP contribution in [-0.4, -0.2) is 10.1 Å². The lowest BCUT2D eigenvalue weighted by molar-refractivity contribution is 0.432. The average molecular weight is 287 g/mol. The highest BCUT2D eigenvalue weighted by Gasteiger charge is 2.15. The summed E-state index contributed by atoms with van der Waals surface area (Å²) in [5.41, 5.74) is 8.16. The standard InChI is InChI=1S/C15H11F2N3O/c1-8-3-2-4-12(13(8)18)15-19-14(20-21-15)9-5-10(16)7-11(17)6-9/h2-7H,18H2,1H3. The molecule has 0 unspecified atom stereocenters. The van der Waals surface area contributed by atoms with Gasteiger partial charge in [-0.05, 0) is 30.7 Å². The van der Waals surface area contributed by atoms with E-state index in [1.54, 1.807) is 6.07 Å². The zero-order valence-corrected chi connectivity index (χ0v) is 11.1. The van der Waals surface area contributed by atoms with Crippen LogP contribution in [0, 0.1) is 18.6 Å². The Hall–Kier alpha value is -2.76. The van der Waals surface area contributed by atoms with Crippen molar-refractivity contribution in [3.8, 4) is 22.8 Å². The SMILES string of the molecule is Cc1cccc(-c2nc(-c3cc(F)cc(F)c3)no2)c1N. The Bertz CT molecular complexity index is 794. The number of halogens is 2. The number of para-hydroxylation sites is 1. The summed E-state index contributed by atoms with van der Waals surface area (Å²) in [5, 5.41) is 3.74. The van der Waals surface area contributed by atoms with E-state index in [1.807, 2.05) is 19.1 Å². The first-order valence-corrected chi connectivity index (χ1v) is 6.20. The lowest BCUT2D eigenvalue weighted by Gasteiger charge is -2.03. The number of aryl methyl sites for hydroxylation is 1. The van der Waals surface area contributed by atoms with Crippen molar-refractivity contribution < 1.29 is 13.3 Å². The van der Waals surface area contributed by atoms with Gasteiger partial charge in [0.25, 0.3) is 5.89 Å². The molecule has 21 heavy (non-hydrogen) atoms. The number of nitrogen functional groups attached to an aromatic ring is 1. The van der Waals surface area contributed by atoms with E-state index >= 15 is 0 Å². The molecule has 0 atom stereocenters. The Morgan fingerprint density at radius 1 is 1.10 bits per heavy atom. The van der Waals surface area contributed by atoms with Crippen LogP contribution in [0.3, 0.4) is 0 Å².